The SMILES string of the molecule is O=C(c1ccc(N2CCOCC2)cc1)N1C[C@H]2C[C@H]1CS2(=O)=O. The molecule has 0 spiro atoms. The van der Waals surface area contributed by atoms with Crippen molar-refractivity contribution in [2.45, 2.75) is 17.7 Å². The molecule has 0 saturated carbocycles. The Labute approximate surface area is 135 Å². The summed E-state index contributed by atoms with van der Waals surface area (Å²) in [6.45, 7) is 3.52. The van der Waals surface area contributed by atoms with Gasteiger partial charge in [-0.25, -0.2) is 8.42 Å². The van der Waals surface area contributed by atoms with Crippen molar-refractivity contribution in [3.63, 3.8) is 0 Å². The molecule has 0 aliphatic carbocycles. The van der Waals surface area contributed by atoms with Gasteiger partial charge in [-0.2, -0.15) is 0 Å². The lowest BCUT2D eigenvalue weighted by Crippen LogP contribution is -2.44. The lowest BCUT2D eigenvalue weighted by molar-refractivity contribution is 0.0746. The van der Waals surface area contributed by atoms with Crippen molar-refractivity contribution in [3.05, 3.63) is 29.8 Å². The molecule has 3 fully saturated rings. The first-order valence-electron chi connectivity index (χ1n) is 8.00. The van der Waals surface area contributed by atoms with Gasteiger partial charge in [0.2, 0.25) is 0 Å². The Hall–Kier alpha value is -1.60. The van der Waals surface area contributed by atoms with Crippen LogP contribution in [0.5, 0.6) is 0 Å². The van der Waals surface area contributed by atoms with Gasteiger partial charge in [0.1, 0.15) is 0 Å². The molecule has 1 amide bonds. The molecule has 4 rings (SSSR count). The predicted octanol–water partition coefficient (Wildman–Crippen LogP) is 0.535. The molecule has 124 valence electrons. The van der Waals surface area contributed by atoms with E-state index >= 15 is 0 Å². The molecule has 2 bridgehead atoms. The van der Waals surface area contributed by atoms with Crippen molar-refractivity contribution in [3.8, 4) is 0 Å². The lowest BCUT2D eigenvalue weighted by atomic mass is 10.1. The Morgan fingerprint density at radius 1 is 1.13 bits per heavy atom. The van der Waals surface area contributed by atoms with Crippen molar-refractivity contribution in [2.75, 3.05) is 43.5 Å². The minimum atomic E-state index is -2.97. The number of nitrogens with zero attached hydrogens (tertiary/aromatic N) is 2. The van der Waals surface area contributed by atoms with Gasteiger partial charge in [0.25, 0.3) is 5.91 Å². The van der Waals surface area contributed by atoms with E-state index in [0.29, 0.717) is 18.5 Å². The number of sulfone groups is 1. The second-order valence-electron chi connectivity index (χ2n) is 6.44. The first kappa shape index (κ1) is 15.0. The number of carbonyl (C=O) groups excluding carboxylic acids is 1. The minimum Gasteiger partial charge on any atom is -0.378 e. The van der Waals surface area contributed by atoms with Crippen LogP contribution in [0.25, 0.3) is 0 Å². The highest BCUT2D eigenvalue weighted by atomic mass is 32.2. The van der Waals surface area contributed by atoms with Crippen LogP contribution >= 0.6 is 0 Å². The summed E-state index contributed by atoms with van der Waals surface area (Å²) in [5, 5.41) is -0.357. The van der Waals surface area contributed by atoms with Gasteiger partial charge < -0.3 is 14.5 Å². The van der Waals surface area contributed by atoms with Gasteiger partial charge >= 0.3 is 0 Å². The summed E-state index contributed by atoms with van der Waals surface area (Å²) >= 11 is 0. The Kier molecular flexibility index (Phi) is 3.57. The Balaban J connectivity index is 1.47. The molecular formula is C16H20N2O4S. The first-order valence-corrected chi connectivity index (χ1v) is 9.71. The lowest BCUT2D eigenvalue weighted by Gasteiger charge is -2.29. The number of carbonyl (C=O) groups is 1. The van der Waals surface area contributed by atoms with Gasteiger partial charge in [-0.3, -0.25) is 4.79 Å². The molecule has 3 heterocycles. The highest BCUT2D eigenvalue weighted by Crippen LogP contribution is 2.34. The van der Waals surface area contributed by atoms with E-state index < -0.39 is 9.84 Å². The van der Waals surface area contributed by atoms with Crippen molar-refractivity contribution in [1.82, 2.24) is 4.90 Å². The molecule has 1 aromatic carbocycles. The summed E-state index contributed by atoms with van der Waals surface area (Å²) in [5.74, 6) is 0.0656. The monoisotopic (exact) mass is 336 g/mol. The fourth-order valence-electron chi connectivity index (χ4n) is 3.75. The molecule has 7 heteroatoms. The smallest absolute Gasteiger partial charge is 0.254 e. The summed E-state index contributed by atoms with van der Waals surface area (Å²) in [6.07, 6.45) is 0.597. The molecule has 3 aliphatic heterocycles. The zero-order valence-electron chi connectivity index (χ0n) is 12.8. The third-order valence-corrected chi connectivity index (χ3v) is 7.27. The quantitative estimate of drug-likeness (QED) is 0.788. The summed E-state index contributed by atoms with van der Waals surface area (Å²) in [4.78, 5) is 16.6. The van der Waals surface area contributed by atoms with E-state index in [1.807, 2.05) is 24.3 Å². The first-order chi connectivity index (χ1) is 11.0. The molecule has 0 aromatic heterocycles. The van der Waals surface area contributed by atoms with Crippen LogP contribution in [0, 0.1) is 0 Å². The normalized spacial score (nSPS) is 29.0. The van der Waals surface area contributed by atoms with Crippen molar-refractivity contribution in [1.29, 1.82) is 0 Å². The van der Waals surface area contributed by atoms with Gasteiger partial charge in [0.15, 0.2) is 9.84 Å². The molecule has 1 aromatic rings. The third-order valence-electron chi connectivity index (χ3n) is 5.06. The number of benzene rings is 1. The summed E-state index contributed by atoms with van der Waals surface area (Å²) in [6, 6.07) is 7.46. The molecule has 23 heavy (non-hydrogen) atoms. The molecule has 2 atom stereocenters. The molecule has 0 radical (unpaired) electrons. The van der Waals surface area contributed by atoms with Crippen molar-refractivity contribution in [2.24, 2.45) is 0 Å². The highest BCUT2D eigenvalue weighted by Gasteiger charge is 2.50. The van der Waals surface area contributed by atoms with E-state index in [1.54, 1.807) is 4.90 Å². The van der Waals surface area contributed by atoms with Gasteiger partial charge in [-0.1, -0.05) is 0 Å². The van der Waals surface area contributed by atoms with E-state index in [4.69, 9.17) is 4.74 Å². The van der Waals surface area contributed by atoms with Crippen LogP contribution in [0.4, 0.5) is 5.69 Å². The van der Waals surface area contributed by atoms with Crippen LogP contribution in [-0.4, -0.2) is 69.1 Å². The number of fused-ring (bicyclic) bond motifs is 2. The number of morpholine rings is 1. The van der Waals surface area contributed by atoms with Gasteiger partial charge in [-0.15, -0.1) is 0 Å². The number of likely N-dealkylation sites (tertiary alicyclic amines) is 1. The number of anilines is 1. The topological polar surface area (TPSA) is 66.9 Å². The standard InChI is InChI=1S/C16H20N2O4S/c19-16(18-10-15-9-14(18)11-23(15,20)21)12-1-3-13(4-2-12)17-5-7-22-8-6-17/h1-4,14-15H,5-11H2/t14-,15+/m0/s1. The second-order valence-corrected chi connectivity index (χ2v) is 8.77. The maximum Gasteiger partial charge on any atom is 0.254 e. The van der Waals surface area contributed by atoms with E-state index in [2.05, 4.69) is 4.90 Å². The summed E-state index contributed by atoms with van der Waals surface area (Å²) in [5.41, 5.74) is 1.72. The number of hydrogen-bond acceptors (Lipinski definition) is 5. The Morgan fingerprint density at radius 2 is 1.83 bits per heavy atom. The average molecular weight is 336 g/mol. The molecule has 0 N–H and O–H groups in total. The summed E-state index contributed by atoms with van der Waals surface area (Å²) < 4.78 is 28.9. The van der Waals surface area contributed by atoms with E-state index in [9.17, 15) is 13.2 Å². The van der Waals surface area contributed by atoms with Crippen molar-refractivity contribution < 1.29 is 17.9 Å². The fraction of sp³-hybridized carbons (Fsp3) is 0.562. The maximum absolute atomic E-state index is 12.6. The number of hydrogen-bond donors (Lipinski definition) is 0. The van der Waals surface area contributed by atoms with Crippen molar-refractivity contribution >= 4 is 21.4 Å². The summed E-state index contributed by atoms with van der Waals surface area (Å²) in [7, 11) is -2.97. The molecular weight excluding hydrogens is 316 g/mol. The van der Waals surface area contributed by atoms with E-state index in [0.717, 1.165) is 32.0 Å². The van der Waals surface area contributed by atoms with Crippen LogP contribution in [0.3, 0.4) is 0 Å². The maximum atomic E-state index is 12.6. The average Bonchev–Trinajstić information content (AvgIpc) is 3.11. The van der Waals surface area contributed by atoms with Gasteiger partial charge in [0, 0.05) is 36.9 Å². The van der Waals surface area contributed by atoms with Crippen LogP contribution in [-0.2, 0) is 14.6 Å². The number of rotatable bonds is 2. The highest BCUT2D eigenvalue weighted by molar-refractivity contribution is 7.92. The third kappa shape index (κ3) is 2.61. The fourth-order valence-corrected chi connectivity index (χ4v) is 5.77. The molecule has 3 saturated heterocycles. The minimum absolute atomic E-state index is 0.0547. The number of amides is 1. The zero-order chi connectivity index (χ0) is 16.0. The van der Waals surface area contributed by atoms with E-state index in [-0.39, 0.29) is 23.0 Å². The van der Waals surface area contributed by atoms with E-state index in [1.165, 1.54) is 0 Å². The Morgan fingerprint density at radius 3 is 2.39 bits per heavy atom. The predicted molar refractivity (Wildman–Crippen MR) is 86.5 cm³/mol. The molecule has 6 nitrogen and oxygen atoms in total. The van der Waals surface area contributed by atoms with Gasteiger partial charge in [0.05, 0.1) is 24.2 Å². The molecule has 3 aliphatic rings. The van der Waals surface area contributed by atoms with Crippen LogP contribution in [0.1, 0.15) is 16.8 Å². The zero-order valence-corrected chi connectivity index (χ0v) is 13.7. The van der Waals surface area contributed by atoms with Crippen LogP contribution in [0.2, 0.25) is 0 Å². The second kappa shape index (κ2) is 5.49. The van der Waals surface area contributed by atoms with Gasteiger partial charge in [-0.05, 0) is 30.7 Å². The number of ether oxygens (including phenoxy) is 1. The molecule has 0 unspecified atom stereocenters. The Bertz CT molecular complexity index is 710. The van der Waals surface area contributed by atoms with Crippen LogP contribution in [0.15, 0.2) is 24.3 Å². The van der Waals surface area contributed by atoms with Crippen LogP contribution < -0.4 is 4.90 Å². The largest absolute Gasteiger partial charge is 0.378 e.